The fraction of sp³-hybridized carbons (Fsp3) is 0.0833. The molecular formula is C12H10OS3. The SMILES string of the molecule is CSC(C(=O)c1ccccc1)=C1SC=CS1. The van der Waals surface area contributed by atoms with E-state index in [0.29, 0.717) is 0 Å². The quantitative estimate of drug-likeness (QED) is 0.597. The summed E-state index contributed by atoms with van der Waals surface area (Å²) in [5, 5.41) is 4.02. The number of allylic oxidation sites excluding steroid dienone is 1. The molecule has 1 nitrogen and oxygen atoms in total. The van der Waals surface area contributed by atoms with Gasteiger partial charge < -0.3 is 0 Å². The number of rotatable bonds is 3. The summed E-state index contributed by atoms with van der Waals surface area (Å²) in [6, 6.07) is 9.42. The fourth-order valence-electron chi connectivity index (χ4n) is 1.30. The van der Waals surface area contributed by atoms with E-state index in [9.17, 15) is 4.79 Å². The molecule has 2 rings (SSSR count). The Morgan fingerprint density at radius 1 is 1.12 bits per heavy atom. The van der Waals surface area contributed by atoms with Crippen LogP contribution in [0.25, 0.3) is 0 Å². The van der Waals surface area contributed by atoms with Gasteiger partial charge in [0.25, 0.3) is 0 Å². The van der Waals surface area contributed by atoms with Crippen LogP contribution in [0.2, 0.25) is 0 Å². The molecule has 0 amide bonds. The van der Waals surface area contributed by atoms with Crippen molar-refractivity contribution in [1.82, 2.24) is 0 Å². The lowest BCUT2D eigenvalue weighted by Crippen LogP contribution is -2.01. The van der Waals surface area contributed by atoms with Crippen molar-refractivity contribution < 1.29 is 4.79 Å². The van der Waals surface area contributed by atoms with E-state index in [0.717, 1.165) is 14.7 Å². The lowest BCUT2D eigenvalue weighted by molar-refractivity contribution is 0.104. The second-order valence-corrected chi connectivity index (χ2v) is 5.93. The zero-order chi connectivity index (χ0) is 11.4. The van der Waals surface area contributed by atoms with Crippen molar-refractivity contribution in [1.29, 1.82) is 0 Å². The highest BCUT2D eigenvalue weighted by Gasteiger charge is 2.18. The Labute approximate surface area is 108 Å². The van der Waals surface area contributed by atoms with Gasteiger partial charge in [-0.05, 0) is 17.1 Å². The van der Waals surface area contributed by atoms with Crippen molar-refractivity contribution in [3.05, 3.63) is 55.9 Å². The first-order valence-electron chi connectivity index (χ1n) is 4.69. The largest absolute Gasteiger partial charge is 0.288 e. The van der Waals surface area contributed by atoms with Gasteiger partial charge in [0.05, 0.1) is 9.14 Å². The van der Waals surface area contributed by atoms with Crippen LogP contribution in [0.5, 0.6) is 0 Å². The monoisotopic (exact) mass is 266 g/mol. The zero-order valence-corrected chi connectivity index (χ0v) is 11.1. The number of thioether (sulfide) groups is 3. The average molecular weight is 266 g/mol. The standard InChI is InChI=1S/C12H10OS3/c1-14-11(12-15-7-8-16-12)10(13)9-5-3-2-4-6-9/h2-8H,1H3. The van der Waals surface area contributed by atoms with Gasteiger partial charge in [-0.15, -0.1) is 11.8 Å². The van der Waals surface area contributed by atoms with E-state index in [1.807, 2.05) is 47.4 Å². The van der Waals surface area contributed by atoms with E-state index in [1.54, 1.807) is 23.5 Å². The van der Waals surface area contributed by atoms with Gasteiger partial charge in [-0.1, -0.05) is 53.9 Å². The second-order valence-electron chi connectivity index (χ2n) is 3.02. The van der Waals surface area contributed by atoms with Gasteiger partial charge in [0, 0.05) is 5.56 Å². The Bertz CT molecular complexity index is 439. The third kappa shape index (κ3) is 2.56. The predicted octanol–water partition coefficient (Wildman–Crippen LogP) is 4.35. The minimum absolute atomic E-state index is 0.117. The number of hydrogen-bond acceptors (Lipinski definition) is 4. The van der Waals surface area contributed by atoms with Crippen molar-refractivity contribution in [3.63, 3.8) is 0 Å². The van der Waals surface area contributed by atoms with Gasteiger partial charge in [-0.2, -0.15) is 0 Å². The molecule has 1 heterocycles. The van der Waals surface area contributed by atoms with Gasteiger partial charge in [-0.3, -0.25) is 4.79 Å². The van der Waals surface area contributed by atoms with Gasteiger partial charge >= 0.3 is 0 Å². The topological polar surface area (TPSA) is 17.1 Å². The molecule has 1 aromatic rings. The summed E-state index contributed by atoms with van der Waals surface area (Å²) in [5.41, 5.74) is 0.757. The van der Waals surface area contributed by atoms with Crippen LogP contribution < -0.4 is 0 Å². The zero-order valence-electron chi connectivity index (χ0n) is 8.67. The van der Waals surface area contributed by atoms with E-state index in [2.05, 4.69) is 0 Å². The lowest BCUT2D eigenvalue weighted by atomic mass is 10.1. The third-order valence-corrected chi connectivity index (χ3v) is 5.22. The van der Waals surface area contributed by atoms with Gasteiger partial charge in [0.2, 0.25) is 5.78 Å². The highest BCUT2D eigenvalue weighted by Crippen LogP contribution is 2.43. The molecule has 0 fully saturated rings. The number of benzene rings is 1. The molecule has 0 atom stereocenters. The van der Waals surface area contributed by atoms with Crippen LogP contribution >= 0.6 is 35.3 Å². The van der Waals surface area contributed by atoms with Crippen LogP contribution in [0, 0.1) is 0 Å². The highest BCUT2D eigenvalue weighted by molar-refractivity contribution is 8.28. The molecule has 0 radical (unpaired) electrons. The summed E-state index contributed by atoms with van der Waals surface area (Å²) >= 11 is 4.76. The summed E-state index contributed by atoms with van der Waals surface area (Å²) < 4.78 is 1.08. The van der Waals surface area contributed by atoms with E-state index in [-0.39, 0.29) is 5.78 Å². The molecule has 16 heavy (non-hydrogen) atoms. The Balaban J connectivity index is 2.30. The smallest absolute Gasteiger partial charge is 0.201 e. The van der Waals surface area contributed by atoms with Crippen molar-refractivity contribution in [3.8, 4) is 0 Å². The average Bonchev–Trinajstić information content (AvgIpc) is 2.85. The molecule has 0 aliphatic carbocycles. The number of hydrogen-bond donors (Lipinski definition) is 0. The van der Waals surface area contributed by atoms with Crippen molar-refractivity contribution in [2.24, 2.45) is 0 Å². The molecule has 0 N–H and O–H groups in total. The van der Waals surface area contributed by atoms with Crippen LogP contribution in [-0.4, -0.2) is 12.0 Å². The first-order chi connectivity index (χ1) is 7.83. The molecule has 82 valence electrons. The van der Waals surface area contributed by atoms with Crippen LogP contribution in [0.1, 0.15) is 10.4 Å². The van der Waals surface area contributed by atoms with Crippen LogP contribution in [0.15, 0.2) is 50.3 Å². The number of carbonyl (C=O) groups excluding carboxylic acids is 1. The van der Waals surface area contributed by atoms with Crippen molar-refractivity contribution >= 4 is 41.1 Å². The molecule has 0 aromatic heterocycles. The summed E-state index contributed by atoms with van der Waals surface area (Å²) in [6.07, 6.45) is 1.95. The summed E-state index contributed by atoms with van der Waals surface area (Å²) in [4.78, 5) is 13.1. The Hall–Kier alpha value is -0.580. The number of Topliss-reactive ketones (excluding diaryl/α,β-unsaturated/α-hetero) is 1. The van der Waals surface area contributed by atoms with Crippen LogP contribution in [-0.2, 0) is 0 Å². The first kappa shape index (κ1) is 11.9. The Morgan fingerprint density at radius 3 is 2.31 bits per heavy atom. The van der Waals surface area contributed by atoms with Crippen molar-refractivity contribution in [2.75, 3.05) is 6.26 Å². The molecule has 1 aliphatic heterocycles. The summed E-state index contributed by atoms with van der Waals surface area (Å²) in [7, 11) is 0. The minimum atomic E-state index is 0.117. The van der Waals surface area contributed by atoms with E-state index in [1.165, 1.54) is 11.8 Å². The normalized spacial score (nSPS) is 14.2. The van der Waals surface area contributed by atoms with Crippen molar-refractivity contribution in [2.45, 2.75) is 0 Å². The van der Waals surface area contributed by atoms with E-state index < -0.39 is 0 Å². The molecule has 0 saturated heterocycles. The second kappa shape index (κ2) is 5.66. The molecule has 1 aromatic carbocycles. The number of carbonyl (C=O) groups is 1. The third-order valence-electron chi connectivity index (χ3n) is 2.04. The molecule has 0 spiro atoms. The molecule has 0 saturated carbocycles. The molecule has 0 unspecified atom stereocenters. The molecular weight excluding hydrogens is 256 g/mol. The van der Waals surface area contributed by atoms with E-state index in [4.69, 9.17) is 0 Å². The fourth-order valence-corrected chi connectivity index (χ4v) is 4.21. The maximum atomic E-state index is 12.2. The molecule has 0 bridgehead atoms. The maximum absolute atomic E-state index is 12.2. The first-order valence-corrected chi connectivity index (χ1v) is 7.67. The van der Waals surface area contributed by atoms with Gasteiger partial charge in [0.1, 0.15) is 0 Å². The van der Waals surface area contributed by atoms with Gasteiger partial charge in [0.15, 0.2) is 0 Å². The van der Waals surface area contributed by atoms with E-state index >= 15 is 0 Å². The Kier molecular flexibility index (Phi) is 4.21. The van der Waals surface area contributed by atoms with Crippen LogP contribution in [0.3, 0.4) is 0 Å². The van der Waals surface area contributed by atoms with Gasteiger partial charge in [-0.25, -0.2) is 0 Å². The highest BCUT2D eigenvalue weighted by atomic mass is 32.2. The lowest BCUT2D eigenvalue weighted by Gasteiger charge is -2.06. The molecule has 1 aliphatic rings. The minimum Gasteiger partial charge on any atom is -0.288 e. The van der Waals surface area contributed by atoms with Crippen LogP contribution in [0.4, 0.5) is 0 Å². The molecule has 4 heteroatoms. The summed E-state index contributed by atoms with van der Waals surface area (Å²) in [6.45, 7) is 0. The maximum Gasteiger partial charge on any atom is 0.201 e. The Morgan fingerprint density at radius 2 is 1.75 bits per heavy atom. The number of ketones is 1. The predicted molar refractivity (Wildman–Crippen MR) is 75.6 cm³/mol. The summed E-state index contributed by atoms with van der Waals surface area (Å²) in [5.74, 6) is 0.117.